The molecule has 1 aliphatic carbocycles. The lowest BCUT2D eigenvalue weighted by Gasteiger charge is -2.38. The van der Waals surface area contributed by atoms with Crippen molar-refractivity contribution in [1.82, 2.24) is 5.32 Å². The Bertz CT molecular complexity index is 681. The zero-order chi connectivity index (χ0) is 14.3. The smallest absolute Gasteiger partial charge is 0.0768 e. The molecule has 1 radical (unpaired) electrons. The minimum atomic E-state index is -0.0793. The fraction of sp³-hybridized carbons (Fsp3) is 0.263. The van der Waals surface area contributed by atoms with Crippen LogP contribution in [-0.2, 0) is 5.54 Å². The van der Waals surface area contributed by atoms with Gasteiger partial charge in [0.25, 0.3) is 0 Å². The minimum Gasteiger partial charge on any atom is -0.380 e. The lowest BCUT2D eigenvalue weighted by molar-refractivity contribution is 0.253. The van der Waals surface area contributed by atoms with Crippen molar-refractivity contribution in [2.75, 3.05) is 0 Å². The fourth-order valence-corrected chi connectivity index (χ4v) is 3.31. The van der Waals surface area contributed by atoms with Gasteiger partial charge < -0.3 is 11.1 Å². The summed E-state index contributed by atoms with van der Waals surface area (Å²) < 4.78 is 0. The second-order valence-corrected chi connectivity index (χ2v) is 6.10. The van der Waals surface area contributed by atoms with Crippen LogP contribution in [0.25, 0.3) is 6.08 Å². The predicted molar refractivity (Wildman–Crippen MR) is 85.4 cm³/mol. The molecule has 2 aliphatic rings. The van der Waals surface area contributed by atoms with Gasteiger partial charge >= 0.3 is 0 Å². The lowest BCUT2D eigenvalue weighted by atomic mass is 9.72. The van der Waals surface area contributed by atoms with E-state index < -0.39 is 0 Å². The topological polar surface area (TPSA) is 38.0 Å². The van der Waals surface area contributed by atoms with Crippen LogP contribution in [-0.4, -0.2) is 0 Å². The highest BCUT2D eigenvalue weighted by Crippen LogP contribution is 2.39. The van der Waals surface area contributed by atoms with Crippen LogP contribution in [0.15, 0.2) is 48.7 Å². The van der Waals surface area contributed by atoms with E-state index in [1.165, 1.54) is 28.7 Å². The molecular weight excluding hydrogens is 256 g/mol. The molecule has 0 bridgehead atoms. The first-order valence-corrected chi connectivity index (χ1v) is 7.59. The van der Waals surface area contributed by atoms with E-state index in [9.17, 15) is 0 Å². The summed E-state index contributed by atoms with van der Waals surface area (Å²) in [5, 5.41) is 3.45. The molecule has 2 aromatic rings. The molecule has 1 fully saturated rings. The number of benzene rings is 2. The van der Waals surface area contributed by atoms with Gasteiger partial charge in [-0.1, -0.05) is 42.5 Å². The summed E-state index contributed by atoms with van der Waals surface area (Å²) in [4.78, 5) is 0. The van der Waals surface area contributed by atoms with E-state index in [1.54, 1.807) is 0 Å². The fourth-order valence-electron chi connectivity index (χ4n) is 3.31. The molecule has 0 amide bonds. The average molecular weight is 275 g/mol. The SMILES string of the molecule is NC1(c2ccc(C3NC=Cc4[c]cccc43)cc2)CCC1. The van der Waals surface area contributed by atoms with Crippen molar-refractivity contribution in [1.29, 1.82) is 0 Å². The molecule has 3 N–H and O–H groups in total. The van der Waals surface area contributed by atoms with Crippen molar-refractivity contribution in [2.24, 2.45) is 5.73 Å². The largest absolute Gasteiger partial charge is 0.380 e. The monoisotopic (exact) mass is 275 g/mol. The van der Waals surface area contributed by atoms with E-state index in [0.717, 1.165) is 12.8 Å². The molecule has 1 atom stereocenters. The number of hydrogen-bond acceptors (Lipinski definition) is 2. The maximum absolute atomic E-state index is 6.40. The van der Waals surface area contributed by atoms with E-state index in [4.69, 9.17) is 5.73 Å². The van der Waals surface area contributed by atoms with Gasteiger partial charge in [-0.3, -0.25) is 0 Å². The van der Waals surface area contributed by atoms with E-state index in [-0.39, 0.29) is 11.6 Å². The van der Waals surface area contributed by atoms with E-state index in [0.29, 0.717) is 0 Å². The summed E-state index contributed by atoms with van der Waals surface area (Å²) in [6, 6.07) is 18.5. The number of nitrogens with one attached hydrogen (secondary N) is 1. The Morgan fingerprint density at radius 3 is 2.67 bits per heavy atom. The van der Waals surface area contributed by atoms with Crippen molar-refractivity contribution in [2.45, 2.75) is 30.8 Å². The van der Waals surface area contributed by atoms with Crippen LogP contribution in [0, 0.1) is 6.07 Å². The molecule has 2 heteroatoms. The van der Waals surface area contributed by atoms with Gasteiger partial charge in [-0.05, 0) is 59.9 Å². The van der Waals surface area contributed by atoms with Gasteiger partial charge in [0, 0.05) is 5.54 Å². The highest BCUT2D eigenvalue weighted by molar-refractivity contribution is 5.58. The first-order valence-electron chi connectivity index (χ1n) is 7.59. The number of hydrogen-bond donors (Lipinski definition) is 2. The van der Waals surface area contributed by atoms with Gasteiger partial charge in [-0.2, -0.15) is 0 Å². The molecule has 0 spiro atoms. The van der Waals surface area contributed by atoms with Crippen molar-refractivity contribution in [3.8, 4) is 0 Å². The third-order valence-electron chi connectivity index (χ3n) is 4.81. The first kappa shape index (κ1) is 12.7. The Morgan fingerprint density at radius 2 is 1.95 bits per heavy atom. The summed E-state index contributed by atoms with van der Waals surface area (Å²) in [5.41, 5.74) is 11.3. The average Bonchev–Trinajstić information content (AvgIpc) is 2.52. The molecule has 21 heavy (non-hydrogen) atoms. The molecule has 1 saturated carbocycles. The molecule has 2 aromatic carbocycles. The Hall–Kier alpha value is -2.06. The van der Waals surface area contributed by atoms with Crippen molar-refractivity contribution >= 4 is 6.08 Å². The van der Waals surface area contributed by atoms with Crippen LogP contribution in [0.3, 0.4) is 0 Å². The van der Waals surface area contributed by atoms with E-state index in [1.807, 2.05) is 18.3 Å². The van der Waals surface area contributed by atoms with Crippen molar-refractivity contribution in [3.05, 3.63) is 77.0 Å². The Balaban J connectivity index is 1.67. The highest BCUT2D eigenvalue weighted by atomic mass is 14.9. The van der Waals surface area contributed by atoms with E-state index >= 15 is 0 Å². The molecule has 4 rings (SSSR count). The maximum atomic E-state index is 6.40. The van der Waals surface area contributed by atoms with Gasteiger partial charge in [0.05, 0.1) is 6.04 Å². The molecule has 0 saturated heterocycles. The normalized spacial score (nSPS) is 22.0. The lowest BCUT2D eigenvalue weighted by Crippen LogP contribution is -2.43. The Kier molecular flexibility index (Phi) is 2.86. The summed E-state index contributed by atoms with van der Waals surface area (Å²) >= 11 is 0. The van der Waals surface area contributed by atoms with Crippen molar-refractivity contribution in [3.63, 3.8) is 0 Å². The van der Waals surface area contributed by atoms with Gasteiger partial charge in [-0.25, -0.2) is 0 Å². The predicted octanol–water partition coefficient (Wildman–Crippen LogP) is 3.49. The Labute approximate surface area is 125 Å². The summed E-state index contributed by atoms with van der Waals surface area (Å²) in [5.74, 6) is 0. The zero-order valence-corrected chi connectivity index (χ0v) is 12.0. The highest BCUT2D eigenvalue weighted by Gasteiger charge is 2.34. The van der Waals surface area contributed by atoms with Gasteiger partial charge in [0.15, 0.2) is 0 Å². The van der Waals surface area contributed by atoms with Crippen molar-refractivity contribution < 1.29 is 0 Å². The van der Waals surface area contributed by atoms with Crippen LogP contribution < -0.4 is 11.1 Å². The second-order valence-electron chi connectivity index (χ2n) is 6.10. The molecular formula is C19H19N2. The number of rotatable bonds is 2. The molecule has 1 heterocycles. The third-order valence-corrected chi connectivity index (χ3v) is 4.81. The van der Waals surface area contributed by atoms with Crippen LogP contribution in [0.2, 0.25) is 0 Å². The standard InChI is InChI=1S/C19H19N2/c20-19(11-3-12-19)16-8-6-15(7-9-16)18-17-5-2-1-4-14(17)10-13-21-18/h1-2,5-10,13,18,21H,3,11-12,20H2. The second kappa shape index (κ2) is 4.74. The summed E-state index contributed by atoms with van der Waals surface area (Å²) in [6.45, 7) is 0. The molecule has 1 aliphatic heterocycles. The van der Waals surface area contributed by atoms with Crippen LogP contribution >= 0.6 is 0 Å². The van der Waals surface area contributed by atoms with Gasteiger partial charge in [-0.15, -0.1) is 0 Å². The first-order chi connectivity index (χ1) is 10.3. The number of nitrogens with two attached hydrogens (primary N) is 1. The molecule has 2 nitrogen and oxygen atoms in total. The summed E-state index contributed by atoms with van der Waals surface area (Å²) in [7, 11) is 0. The number of fused-ring (bicyclic) bond motifs is 1. The van der Waals surface area contributed by atoms with Crippen LogP contribution in [0.5, 0.6) is 0 Å². The van der Waals surface area contributed by atoms with Gasteiger partial charge in [0.2, 0.25) is 0 Å². The van der Waals surface area contributed by atoms with Crippen LogP contribution in [0.4, 0.5) is 0 Å². The molecule has 1 unspecified atom stereocenters. The van der Waals surface area contributed by atoms with Gasteiger partial charge in [0.1, 0.15) is 0 Å². The molecule has 105 valence electrons. The zero-order valence-electron chi connectivity index (χ0n) is 12.0. The third kappa shape index (κ3) is 2.07. The quantitative estimate of drug-likeness (QED) is 0.880. The summed E-state index contributed by atoms with van der Waals surface area (Å²) in [6.07, 6.45) is 7.54. The minimum absolute atomic E-state index is 0.0793. The Morgan fingerprint density at radius 1 is 1.14 bits per heavy atom. The molecule has 0 aromatic heterocycles. The van der Waals surface area contributed by atoms with Crippen LogP contribution in [0.1, 0.15) is 47.6 Å². The van der Waals surface area contributed by atoms with E-state index in [2.05, 4.69) is 47.8 Å². The maximum Gasteiger partial charge on any atom is 0.0768 e.